The molecule has 1 fully saturated rings. The molecule has 2 aromatic carbocycles. The van der Waals surface area contributed by atoms with Crippen molar-refractivity contribution in [2.75, 3.05) is 32.9 Å². The second-order valence-corrected chi connectivity index (χ2v) is 9.30. The van der Waals surface area contributed by atoms with Crippen LogP contribution in [0.1, 0.15) is 20.7 Å². The fourth-order valence-electron chi connectivity index (χ4n) is 2.87. The first-order valence-corrected chi connectivity index (χ1v) is 11.3. The molecule has 1 heterocycles. The molecule has 0 spiro atoms. The van der Waals surface area contributed by atoms with E-state index < -0.39 is 33.3 Å². The van der Waals surface area contributed by atoms with Crippen molar-refractivity contribution in [3.05, 3.63) is 67.7 Å². The molecule has 0 aromatic heterocycles. The normalized spacial score (nSPS) is 14.7. The number of ketones is 1. The summed E-state index contributed by atoms with van der Waals surface area (Å²) in [4.78, 5) is 34.5. The minimum absolute atomic E-state index is 0.0983. The third-order valence-electron chi connectivity index (χ3n) is 4.56. The van der Waals surface area contributed by atoms with Crippen LogP contribution < -0.4 is 0 Å². The van der Waals surface area contributed by atoms with Gasteiger partial charge in [0, 0.05) is 30.8 Å². The molecule has 2 aromatic rings. The van der Waals surface area contributed by atoms with E-state index in [4.69, 9.17) is 32.7 Å². The number of sulfonamides is 1. The molecule has 10 nitrogen and oxygen atoms in total. The highest BCUT2D eigenvalue weighted by atomic mass is 35.5. The Morgan fingerprint density at radius 3 is 2.31 bits per heavy atom. The fraction of sp³-hybridized carbons (Fsp3) is 0.263. The molecule has 1 aliphatic heterocycles. The van der Waals surface area contributed by atoms with E-state index in [0.717, 1.165) is 24.3 Å². The summed E-state index contributed by atoms with van der Waals surface area (Å²) in [6.45, 7) is 0.0327. The number of benzene rings is 2. The molecular formula is C19H16Cl2N2O8S. The zero-order chi connectivity index (χ0) is 23.5. The zero-order valence-corrected chi connectivity index (χ0v) is 18.7. The number of nitrogens with zero attached hydrogens (tertiary/aromatic N) is 2. The summed E-state index contributed by atoms with van der Waals surface area (Å²) >= 11 is 12.1. The number of ether oxygens (including phenoxy) is 2. The molecule has 32 heavy (non-hydrogen) atoms. The number of halogens is 2. The standard InChI is InChI=1S/C19H16Cl2N2O8S/c20-15-10-16(21)18(32(28,29)22-5-7-30-8-6-22)9-14(15)19(25)31-11-17(24)12-1-3-13(4-2-12)23(26)27/h1-4,9-10H,5-8,11H2. The van der Waals surface area contributed by atoms with Gasteiger partial charge in [-0.3, -0.25) is 14.9 Å². The highest BCUT2D eigenvalue weighted by Gasteiger charge is 2.30. The van der Waals surface area contributed by atoms with E-state index in [1.807, 2.05) is 0 Å². The van der Waals surface area contributed by atoms with E-state index in [2.05, 4.69) is 0 Å². The van der Waals surface area contributed by atoms with Gasteiger partial charge in [0.15, 0.2) is 12.4 Å². The quantitative estimate of drug-likeness (QED) is 0.244. The summed E-state index contributed by atoms with van der Waals surface area (Å²) < 4.78 is 37.1. The first-order valence-electron chi connectivity index (χ1n) is 9.13. The Hall–Kier alpha value is -2.57. The van der Waals surface area contributed by atoms with Gasteiger partial charge >= 0.3 is 5.97 Å². The largest absolute Gasteiger partial charge is 0.454 e. The van der Waals surface area contributed by atoms with Gasteiger partial charge in [-0.1, -0.05) is 23.2 Å². The van der Waals surface area contributed by atoms with Crippen molar-refractivity contribution in [1.82, 2.24) is 4.31 Å². The second-order valence-electron chi connectivity index (χ2n) is 6.58. The Balaban J connectivity index is 1.77. The summed E-state index contributed by atoms with van der Waals surface area (Å²) in [6.07, 6.45) is 0. The van der Waals surface area contributed by atoms with Crippen LogP contribution in [-0.2, 0) is 19.5 Å². The topological polar surface area (TPSA) is 133 Å². The number of carbonyl (C=O) groups is 2. The average molecular weight is 503 g/mol. The van der Waals surface area contributed by atoms with Gasteiger partial charge in [-0.15, -0.1) is 0 Å². The molecule has 0 saturated carbocycles. The number of morpholine rings is 1. The van der Waals surface area contributed by atoms with Crippen molar-refractivity contribution >= 4 is 50.7 Å². The van der Waals surface area contributed by atoms with E-state index in [0.29, 0.717) is 0 Å². The third kappa shape index (κ3) is 5.25. The Morgan fingerprint density at radius 1 is 1.09 bits per heavy atom. The number of hydrogen-bond donors (Lipinski definition) is 0. The summed E-state index contributed by atoms with van der Waals surface area (Å²) in [6, 6.07) is 6.88. The monoisotopic (exact) mass is 502 g/mol. The molecule has 0 radical (unpaired) electrons. The van der Waals surface area contributed by atoms with Crippen molar-refractivity contribution in [1.29, 1.82) is 0 Å². The molecule has 1 saturated heterocycles. The van der Waals surface area contributed by atoms with E-state index in [1.54, 1.807) is 0 Å². The van der Waals surface area contributed by atoms with Crippen LogP contribution in [0.2, 0.25) is 10.0 Å². The number of esters is 1. The number of non-ortho nitro benzene ring substituents is 1. The molecule has 3 rings (SSSR count). The predicted molar refractivity (Wildman–Crippen MR) is 114 cm³/mol. The summed E-state index contributed by atoms with van der Waals surface area (Å²) in [7, 11) is -4.02. The number of Topliss-reactive ketones (excluding diaryl/α,β-unsaturated/α-hetero) is 1. The van der Waals surface area contributed by atoms with Gasteiger partial charge in [0.05, 0.1) is 33.7 Å². The van der Waals surface area contributed by atoms with Crippen LogP contribution in [0.15, 0.2) is 41.3 Å². The molecule has 1 aliphatic rings. The zero-order valence-electron chi connectivity index (χ0n) is 16.3. The molecule has 0 amide bonds. The van der Waals surface area contributed by atoms with E-state index in [-0.39, 0.29) is 58.1 Å². The van der Waals surface area contributed by atoms with Crippen LogP contribution in [0.25, 0.3) is 0 Å². The first-order chi connectivity index (χ1) is 15.1. The maximum atomic E-state index is 12.9. The van der Waals surface area contributed by atoms with E-state index in [1.165, 1.54) is 16.4 Å². The molecule has 0 atom stereocenters. The first kappa shape index (κ1) is 24.1. The number of nitro benzene ring substituents is 1. The molecule has 13 heteroatoms. The lowest BCUT2D eigenvalue weighted by Gasteiger charge is -2.26. The number of hydrogen-bond acceptors (Lipinski definition) is 8. The Kier molecular flexibility index (Phi) is 7.47. The van der Waals surface area contributed by atoms with Gasteiger partial charge in [-0.05, 0) is 24.3 Å². The van der Waals surface area contributed by atoms with Gasteiger partial charge in [-0.2, -0.15) is 4.31 Å². The van der Waals surface area contributed by atoms with Crippen molar-refractivity contribution < 1.29 is 32.4 Å². The van der Waals surface area contributed by atoms with Crippen LogP contribution in [0, 0.1) is 10.1 Å². The predicted octanol–water partition coefficient (Wildman–Crippen LogP) is 2.96. The van der Waals surface area contributed by atoms with Crippen LogP contribution in [0.5, 0.6) is 0 Å². The molecule has 170 valence electrons. The summed E-state index contributed by atoms with van der Waals surface area (Å²) in [5, 5.41) is 10.4. The van der Waals surface area contributed by atoms with Gasteiger partial charge in [0.1, 0.15) is 4.90 Å². The lowest BCUT2D eigenvalue weighted by molar-refractivity contribution is -0.384. The summed E-state index contributed by atoms with van der Waals surface area (Å²) in [5.41, 5.74) is -0.374. The van der Waals surface area contributed by atoms with Crippen molar-refractivity contribution in [3.8, 4) is 0 Å². The molecular weight excluding hydrogens is 487 g/mol. The molecule has 0 unspecified atom stereocenters. The van der Waals surface area contributed by atoms with E-state index in [9.17, 15) is 28.1 Å². The van der Waals surface area contributed by atoms with Gasteiger partial charge in [-0.25, -0.2) is 13.2 Å². The SMILES string of the molecule is O=C(COC(=O)c1cc(S(=O)(=O)N2CCOCC2)c(Cl)cc1Cl)c1ccc([N+](=O)[O-])cc1. The highest BCUT2D eigenvalue weighted by molar-refractivity contribution is 7.89. The van der Waals surface area contributed by atoms with Gasteiger partial charge in [0.2, 0.25) is 10.0 Å². The second kappa shape index (κ2) is 9.92. The van der Waals surface area contributed by atoms with Crippen LogP contribution in [-0.4, -0.2) is 62.3 Å². The highest BCUT2D eigenvalue weighted by Crippen LogP contribution is 2.31. The molecule has 0 bridgehead atoms. The summed E-state index contributed by atoms with van der Waals surface area (Å²) in [5.74, 6) is -1.64. The maximum Gasteiger partial charge on any atom is 0.340 e. The Morgan fingerprint density at radius 2 is 1.72 bits per heavy atom. The number of carbonyl (C=O) groups excluding carboxylic acids is 2. The van der Waals surface area contributed by atoms with Crippen molar-refractivity contribution in [2.24, 2.45) is 0 Å². The van der Waals surface area contributed by atoms with Crippen molar-refractivity contribution in [3.63, 3.8) is 0 Å². The van der Waals surface area contributed by atoms with E-state index >= 15 is 0 Å². The van der Waals surface area contributed by atoms with Gasteiger partial charge in [0.25, 0.3) is 5.69 Å². The smallest absolute Gasteiger partial charge is 0.340 e. The average Bonchev–Trinajstić information content (AvgIpc) is 2.77. The number of nitro groups is 1. The van der Waals surface area contributed by atoms with Crippen LogP contribution in [0.4, 0.5) is 5.69 Å². The lowest BCUT2D eigenvalue weighted by Crippen LogP contribution is -2.40. The minimum atomic E-state index is -4.02. The molecule has 0 N–H and O–H groups in total. The molecule has 0 aliphatic carbocycles. The van der Waals surface area contributed by atoms with Crippen LogP contribution >= 0.6 is 23.2 Å². The Labute approximate surface area is 192 Å². The van der Waals surface area contributed by atoms with Crippen LogP contribution in [0.3, 0.4) is 0 Å². The Bertz CT molecular complexity index is 1160. The minimum Gasteiger partial charge on any atom is -0.454 e. The third-order valence-corrected chi connectivity index (χ3v) is 7.24. The maximum absolute atomic E-state index is 12.9. The number of rotatable bonds is 7. The van der Waals surface area contributed by atoms with Crippen molar-refractivity contribution in [2.45, 2.75) is 4.90 Å². The lowest BCUT2D eigenvalue weighted by atomic mass is 10.1. The fourth-order valence-corrected chi connectivity index (χ4v) is 5.10. The van der Waals surface area contributed by atoms with Gasteiger partial charge < -0.3 is 9.47 Å².